The third-order valence-electron chi connectivity index (χ3n) is 1.86. The van der Waals surface area contributed by atoms with Crippen LogP contribution in [0.3, 0.4) is 0 Å². The Morgan fingerprint density at radius 2 is 2.14 bits per heavy atom. The number of rotatable bonds is 1. The molecule has 0 saturated heterocycles. The molecule has 3 nitrogen and oxygen atoms in total. The molecule has 0 atom stereocenters. The molecule has 0 aliphatic heterocycles. The smallest absolute Gasteiger partial charge is 0.0992 e. The molecule has 2 aromatic rings. The molecule has 14 heavy (non-hydrogen) atoms. The second-order valence-corrected chi connectivity index (χ2v) is 3.74. The Kier molecular flexibility index (Phi) is 2.33. The van der Waals surface area contributed by atoms with Crippen LogP contribution in [-0.2, 0) is 0 Å². The van der Waals surface area contributed by atoms with Crippen LogP contribution in [-0.4, -0.2) is 10.2 Å². The maximum atomic E-state index is 8.79. The summed E-state index contributed by atoms with van der Waals surface area (Å²) in [6, 6.07) is 7.67. The standard InChI is InChI=1S/C10H6BrN3/c11-10-2-7(4-12)1-8(3-10)9-5-13-14-6-9/h1-3,5-6H,(H,13,14). The lowest BCUT2D eigenvalue weighted by atomic mass is 10.1. The highest BCUT2D eigenvalue weighted by atomic mass is 79.9. The molecule has 1 aromatic carbocycles. The largest absolute Gasteiger partial charge is 0.285 e. The van der Waals surface area contributed by atoms with E-state index in [-0.39, 0.29) is 0 Å². The van der Waals surface area contributed by atoms with Crippen molar-refractivity contribution in [1.82, 2.24) is 10.2 Å². The summed E-state index contributed by atoms with van der Waals surface area (Å²) < 4.78 is 0.896. The van der Waals surface area contributed by atoms with E-state index in [1.165, 1.54) is 0 Å². The Labute approximate surface area is 89.5 Å². The topological polar surface area (TPSA) is 52.5 Å². The minimum atomic E-state index is 0.635. The van der Waals surface area contributed by atoms with Crippen molar-refractivity contribution in [2.45, 2.75) is 0 Å². The Morgan fingerprint density at radius 3 is 2.79 bits per heavy atom. The number of nitriles is 1. The van der Waals surface area contributed by atoms with Gasteiger partial charge in [-0.15, -0.1) is 0 Å². The van der Waals surface area contributed by atoms with Gasteiger partial charge in [-0.25, -0.2) is 0 Å². The van der Waals surface area contributed by atoms with Gasteiger partial charge in [-0.2, -0.15) is 10.4 Å². The van der Waals surface area contributed by atoms with Crippen LogP contribution in [0.25, 0.3) is 11.1 Å². The maximum absolute atomic E-state index is 8.79. The zero-order valence-corrected chi connectivity index (χ0v) is 8.75. The third-order valence-corrected chi connectivity index (χ3v) is 2.32. The monoisotopic (exact) mass is 247 g/mol. The van der Waals surface area contributed by atoms with Crippen molar-refractivity contribution in [2.75, 3.05) is 0 Å². The third kappa shape index (κ3) is 1.68. The van der Waals surface area contributed by atoms with Crippen molar-refractivity contribution in [3.05, 3.63) is 40.6 Å². The predicted molar refractivity (Wildman–Crippen MR) is 56.4 cm³/mol. The van der Waals surface area contributed by atoms with Gasteiger partial charge in [-0.05, 0) is 23.8 Å². The molecule has 0 amide bonds. The minimum Gasteiger partial charge on any atom is -0.285 e. The molecular weight excluding hydrogens is 242 g/mol. The molecule has 0 bridgehead atoms. The molecule has 1 N–H and O–H groups in total. The average molecular weight is 248 g/mol. The van der Waals surface area contributed by atoms with Crippen LogP contribution in [0.4, 0.5) is 0 Å². The summed E-state index contributed by atoms with van der Waals surface area (Å²) >= 11 is 3.36. The Morgan fingerprint density at radius 1 is 1.29 bits per heavy atom. The van der Waals surface area contributed by atoms with E-state index in [9.17, 15) is 0 Å². The first-order valence-corrected chi connectivity index (χ1v) is 4.79. The summed E-state index contributed by atoms with van der Waals surface area (Å²) in [4.78, 5) is 0. The van der Waals surface area contributed by atoms with Crippen LogP contribution in [0.2, 0.25) is 0 Å². The zero-order chi connectivity index (χ0) is 9.97. The second-order valence-electron chi connectivity index (χ2n) is 2.83. The van der Waals surface area contributed by atoms with Crippen molar-refractivity contribution in [1.29, 1.82) is 5.26 Å². The quantitative estimate of drug-likeness (QED) is 0.843. The molecule has 1 aromatic heterocycles. The number of hydrogen-bond donors (Lipinski definition) is 1. The van der Waals surface area contributed by atoms with E-state index in [2.05, 4.69) is 32.2 Å². The van der Waals surface area contributed by atoms with Crippen molar-refractivity contribution in [2.24, 2.45) is 0 Å². The number of nitrogens with one attached hydrogen (secondary N) is 1. The highest BCUT2D eigenvalue weighted by Crippen LogP contribution is 2.23. The molecule has 0 saturated carbocycles. The summed E-state index contributed by atoms with van der Waals surface area (Å²) in [6.45, 7) is 0. The number of benzene rings is 1. The molecule has 0 radical (unpaired) electrons. The van der Waals surface area contributed by atoms with Crippen molar-refractivity contribution in [3.63, 3.8) is 0 Å². The average Bonchev–Trinajstić information content (AvgIpc) is 2.69. The first-order valence-electron chi connectivity index (χ1n) is 3.99. The molecule has 68 valence electrons. The van der Waals surface area contributed by atoms with Gasteiger partial charge in [0.15, 0.2) is 0 Å². The fourth-order valence-electron chi connectivity index (χ4n) is 1.23. The SMILES string of the molecule is N#Cc1cc(Br)cc(-c2cn[nH]c2)c1. The Balaban J connectivity index is 2.55. The fraction of sp³-hybridized carbons (Fsp3) is 0. The molecule has 0 aliphatic rings. The first-order chi connectivity index (χ1) is 6.79. The molecule has 1 heterocycles. The summed E-state index contributed by atoms with van der Waals surface area (Å²) in [6.07, 6.45) is 3.52. The van der Waals surface area contributed by atoms with E-state index in [0.29, 0.717) is 5.56 Å². The predicted octanol–water partition coefficient (Wildman–Crippen LogP) is 2.71. The van der Waals surface area contributed by atoms with Crippen LogP contribution >= 0.6 is 15.9 Å². The highest BCUT2D eigenvalue weighted by Gasteiger charge is 2.02. The molecule has 0 aliphatic carbocycles. The van der Waals surface area contributed by atoms with Crippen LogP contribution in [0, 0.1) is 11.3 Å². The molecule has 0 fully saturated rings. The maximum Gasteiger partial charge on any atom is 0.0992 e. The number of H-pyrrole nitrogens is 1. The van der Waals surface area contributed by atoms with E-state index < -0.39 is 0 Å². The number of nitrogens with zero attached hydrogens (tertiary/aromatic N) is 2. The van der Waals surface area contributed by atoms with Gasteiger partial charge in [0.1, 0.15) is 0 Å². The number of halogens is 1. The van der Waals surface area contributed by atoms with Crippen LogP contribution in [0.5, 0.6) is 0 Å². The molecule has 2 rings (SSSR count). The number of hydrogen-bond acceptors (Lipinski definition) is 2. The van der Waals surface area contributed by atoms with Crippen LogP contribution < -0.4 is 0 Å². The number of aromatic amines is 1. The van der Waals surface area contributed by atoms with Crippen LogP contribution in [0.1, 0.15) is 5.56 Å². The first kappa shape index (κ1) is 8.97. The van der Waals surface area contributed by atoms with Gasteiger partial charge in [0, 0.05) is 16.2 Å². The Hall–Kier alpha value is -1.60. The van der Waals surface area contributed by atoms with Gasteiger partial charge in [0.2, 0.25) is 0 Å². The minimum absolute atomic E-state index is 0.635. The van der Waals surface area contributed by atoms with Gasteiger partial charge in [-0.1, -0.05) is 15.9 Å². The van der Waals surface area contributed by atoms with Gasteiger partial charge >= 0.3 is 0 Å². The summed E-state index contributed by atoms with van der Waals surface area (Å²) in [5.74, 6) is 0. The van der Waals surface area contributed by atoms with E-state index in [4.69, 9.17) is 5.26 Å². The van der Waals surface area contributed by atoms with E-state index in [1.54, 1.807) is 18.5 Å². The lowest BCUT2D eigenvalue weighted by Gasteiger charge is -1.98. The summed E-state index contributed by atoms with van der Waals surface area (Å²) in [5.41, 5.74) is 2.59. The van der Waals surface area contributed by atoms with E-state index >= 15 is 0 Å². The molecule has 0 unspecified atom stereocenters. The highest BCUT2D eigenvalue weighted by molar-refractivity contribution is 9.10. The Bertz CT molecular complexity index is 483. The van der Waals surface area contributed by atoms with Crippen LogP contribution in [0.15, 0.2) is 35.1 Å². The summed E-state index contributed by atoms with van der Waals surface area (Å²) in [7, 11) is 0. The lowest BCUT2D eigenvalue weighted by molar-refractivity contribution is 1.09. The molecular formula is C10H6BrN3. The zero-order valence-electron chi connectivity index (χ0n) is 7.16. The van der Waals surface area contributed by atoms with Gasteiger partial charge in [0.05, 0.1) is 17.8 Å². The van der Waals surface area contributed by atoms with Gasteiger partial charge in [-0.3, -0.25) is 5.10 Å². The van der Waals surface area contributed by atoms with Crippen molar-refractivity contribution < 1.29 is 0 Å². The van der Waals surface area contributed by atoms with Gasteiger partial charge in [0.25, 0.3) is 0 Å². The van der Waals surface area contributed by atoms with E-state index in [0.717, 1.165) is 15.6 Å². The summed E-state index contributed by atoms with van der Waals surface area (Å²) in [5, 5.41) is 15.4. The second kappa shape index (κ2) is 3.64. The normalized spacial score (nSPS) is 9.71. The lowest BCUT2D eigenvalue weighted by Crippen LogP contribution is -1.79. The fourth-order valence-corrected chi connectivity index (χ4v) is 1.72. The van der Waals surface area contributed by atoms with Crippen molar-refractivity contribution >= 4 is 15.9 Å². The van der Waals surface area contributed by atoms with E-state index in [1.807, 2.05) is 12.1 Å². The molecule has 0 spiro atoms. The van der Waals surface area contributed by atoms with Gasteiger partial charge < -0.3 is 0 Å². The van der Waals surface area contributed by atoms with Crippen molar-refractivity contribution in [3.8, 4) is 17.2 Å². The number of aromatic nitrogens is 2. The molecule has 4 heteroatoms.